The number of hydrogen-bond acceptors (Lipinski definition) is 5. The van der Waals surface area contributed by atoms with Crippen molar-refractivity contribution in [3.8, 4) is 0 Å². The molecule has 1 aromatic rings. The molecule has 0 aliphatic rings. The highest BCUT2D eigenvalue weighted by Gasteiger charge is 2.11. The van der Waals surface area contributed by atoms with Crippen LogP contribution >= 0.6 is 0 Å². The first-order chi connectivity index (χ1) is 11.7. The number of nitrogens with zero attached hydrogens (tertiary/aromatic N) is 2. The van der Waals surface area contributed by atoms with Crippen LogP contribution in [-0.2, 0) is 16.0 Å². The third kappa shape index (κ3) is 7.89. The number of rotatable bonds is 11. The van der Waals surface area contributed by atoms with Gasteiger partial charge in [0.1, 0.15) is 0 Å². The van der Waals surface area contributed by atoms with Crippen molar-refractivity contribution in [1.29, 1.82) is 0 Å². The number of hydrogen-bond donors (Lipinski definition) is 2. The summed E-state index contributed by atoms with van der Waals surface area (Å²) in [5.74, 6) is 0.632. The molecule has 0 atom stereocenters. The smallest absolute Gasteiger partial charge is 0.274 e. The number of methoxy groups -OCH3 is 1. The van der Waals surface area contributed by atoms with Gasteiger partial charge >= 0.3 is 0 Å². The number of nitrogens with one attached hydrogen (secondary N) is 2. The summed E-state index contributed by atoms with van der Waals surface area (Å²) in [6.07, 6.45) is 0.833. The molecule has 8 heteroatoms. The van der Waals surface area contributed by atoms with Gasteiger partial charge in [-0.1, -0.05) is 18.2 Å². The van der Waals surface area contributed by atoms with Crippen LogP contribution in [0.3, 0.4) is 0 Å². The van der Waals surface area contributed by atoms with Crippen molar-refractivity contribution in [1.82, 2.24) is 10.6 Å². The van der Waals surface area contributed by atoms with Crippen molar-refractivity contribution >= 4 is 11.6 Å². The van der Waals surface area contributed by atoms with Crippen molar-refractivity contribution in [2.45, 2.75) is 19.9 Å². The molecule has 0 saturated carbocycles. The first-order valence-corrected chi connectivity index (χ1v) is 8.00. The molecular formula is C16H26N4O4. The van der Waals surface area contributed by atoms with E-state index in [-0.39, 0.29) is 17.2 Å². The van der Waals surface area contributed by atoms with Crippen LogP contribution in [0.4, 0.5) is 5.69 Å². The lowest BCUT2D eigenvalue weighted by atomic mass is 10.2. The zero-order valence-corrected chi connectivity index (χ0v) is 14.3. The van der Waals surface area contributed by atoms with Gasteiger partial charge in [0.25, 0.3) is 5.69 Å². The van der Waals surface area contributed by atoms with Crippen LogP contribution in [0.25, 0.3) is 0 Å². The van der Waals surface area contributed by atoms with Crippen molar-refractivity contribution in [3.05, 3.63) is 39.9 Å². The second kappa shape index (κ2) is 12.3. The van der Waals surface area contributed by atoms with E-state index in [4.69, 9.17) is 9.47 Å². The lowest BCUT2D eigenvalue weighted by molar-refractivity contribution is -0.385. The van der Waals surface area contributed by atoms with Crippen LogP contribution in [0.15, 0.2) is 29.3 Å². The second-order valence-corrected chi connectivity index (χ2v) is 4.97. The Morgan fingerprint density at radius 3 is 2.75 bits per heavy atom. The summed E-state index contributed by atoms with van der Waals surface area (Å²) in [5, 5.41) is 17.3. The van der Waals surface area contributed by atoms with Gasteiger partial charge in [-0.15, -0.1) is 0 Å². The Labute approximate surface area is 142 Å². The number of benzene rings is 1. The predicted octanol–water partition coefficient (Wildman–Crippen LogP) is 1.70. The fourth-order valence-corrected chi connectivity index (χ4v) is 1.95. The summed E-state index contributed by atoms with van der Waals surface area (Å²) in [4.78, 5) is 15.0. The van der Waals surface area contributed by atoms with E-state index in [1.54, 1.807) is 25.3 Å². The fourth-order valence-electron chi connectivity index (χ4n) is 1.95. The van der Waals surface area contributed by atoms with Crippen LogP contribution in [0, 0.1) is 10.1 Å². The Balaban J connectivity index is 2.47. The van der Waals surface area contributed by atoms with E-state index in [1.807, 2.05) is 6.92 Å². The van der Waals surface area contributed by atoms with Gasteiger partial charge in [0.05, 0.1) is 30.2 Å². The van der Waals surface area contributed by atoms with Gasteiger partial charge in [0.2, 0.25) is 0 Å². The van der Waals surface area contributed by atoms with E-state index < -0.39 is 0 Å². The number of guanidine groups is 1. The van der Waals surface area contributed by atoms with E-state index in [1.165, 1.54) is 6.07 Å². The number of aliphatic imine (C=N–C) groups is 1. The first kappa shape index (κ1) is 19.9. The summed E-state index contributed by atoms with van der Waals surface area (Å²) in [6, 6.07) is 6.63. The highest BCUT2D eigenvalue weighted by atomic mass is 16.6. The van der Waals surface area contributed by atoms with Gasteiger partial charge in [0, 0.05) is 32.9 Å². The van der Waals surface area contributed by atoms with Gasteiger partial charge < -0.3 is 20.1 Å². The van der Waals surface area contributed by atoms with Crippen molar-refractivity contribution in [3.63, 3.8) is 0 Å². The second-order valence-electron chi connectivity index (χ2n) is 4.97. The maximum atomic E-state index is 11.0. The Kier molecular flexibility index (Phi) is 10.1. The number of para-hydroxylation sites is 1. The molecule has 1 rings (SSSR count). The molecule has 134 valence electrons. The summed E-state index contributed by atoms with van der Waals surface area (Å²) in [6.45, 7) is 5.45. The summed E-state index contributed by atoms with van der Waals surface area (Å²) in [5.41, 5.74) is 0.672. The molecule has 8 nitrogen and oxygen atoms in total. The summed E-state index contributed by atoms with van der Waals surface area (Å²) in [7, 11) is 1.64. The van der Waals surface area contributed by atoms with Crippen LogP contribution in [0.1, 0.15) is 18.9 Å². The molecule has 0 heterocycles. The highest BCUT2D eigenvalue weighted by molar-refractivity contribution is 5.79. The van der Waals surface area contributed by atoms with E-state index >= 15 is 0 Å². The molecule has 0 aliphatic heterocycles. The minimum atomic E-state index is -0.386. The van der Waals surface area contributed by atoms with Crippen LogP contribution < -0.4 is 10.6 Å². The highest BCUT2D eigenvalue weighted by Crippen LogP contribution is 2.18. The Hall–Kier alpha value is -2.19. The van der Waals surface area contributed by atoms with Crippen LogP contribution in [-0.4, -0.2) is 50.9 Å². The Bertz CT molecular complexity index is 523. The lowest BCUT2D eigenvalue weighted by Crippen LogP contribution is -2.38. The molecule has 0 fully saturated rings. The summed E-state index contributed by atoms with van der Waals surface area (Å²) < 4.78 is 10.3. The molecule has 24 heavy (non-hydrogen) atoms. The van der Waals surface area contributed by atoms with Crippen LogP contribution in [0.5, 0.6) is 0 Å². The average Bonchev–Trinajstić information content (AvgIpc) is 2.59. The maximum absolute atomic E-state index is 11.0. The molecule has 0 saturated heterocycles. The molecule has 0 unspecified atom stereocenters. The first-order valence-electron chi connectivity index (χ1n) is 8.00. The minimum absolute atomic E-state index is 0.0867. The lowest BCUT2D eigenvalue weighted by Gasteiger charge is -2.11. The molecule has 0 aromatic heterocycles. The molecule has 0 aliphatic carbocycles. The van der Waals surface area contributed by atoms with Crippen molar-refractivity contribution in [2.75, 3.05) is 40.0 Å². The topological polar surface area (TPSA) is 98.0 Å². The van der Waals surface area contributed by atoms with E-state index in [9.17, 15) is 10.1 Å². The molecule has 0 radical (unpaired) electrons. The molecule has 2 N–H and O–H groups in total. The zero-order chi connectivity index (χ0) is 17.6. The van der Waals surface area contributed by atoms with Crippen LogP contribution in [0.2, 0.25) is 0 Å². The predicted molar refractivity (Wildman–Crippen MR) is 93.2 cm³/mol. The van der Waals surface area contributed by atoms with Crippen molar-refractivity contribution in [2.24, 2.45) is 4.99 Å². The Morgan fingerprint density at radius 1 is 1.25 bits per heavy atom. The third-order valence-electron chi connectivity index (χ3n) is 3.13. The number of nitro benzene ring substituents is 1. The zero-order valence-electron chi connectivity index (χ0n) is 14.3. The van der Waals surface area contributed by atoms with Crippen molar-refractivity contribution < 1.29 is 14.4 Å². The Morgan fingerprint density at radius 2 is 2.04 bits per heavy atom. The molecular weight excluding hydrogens is 312 g/mol. The van der Waals surface area contributed by atoms with Gasteiger partial charge in [-0.05, 0) is 13.3 Å². The van der Waals surface area contributed by atoms with Gasteiger partial charge in [-0.3, -0.25) is 10.1 Å². The van der Waals surface area contributed by atoms with E-state index in [0.29, 0.717) is 44.4 Å². The molecule has 0 bridgehead atoms. The number of ether oxygens (including phenoxy) is 2. The van der Waals surface area contributed by atoms with Gasteiger partial charge in [-0.25, -0.2) is 4.99 Å². The molecule has 0 spiro atoms. The third-order valence-corrected chi connectivity index (χ3v) is 3.13. The molecule has 1 aromatic carbocycles. The summed E-state index contributed by atoms with van der Waals surface area (Å²) >= 11 is 0. The van der Waals surface area contributed by atoms with Gasteiger partial charge in [-0.2, -0.15) is 0 Å². The quantitative estimate of drug-likeness (QED) is 0.209. The van der Waals surface area contributed by atoms with E-state index in [2.05, 4.69) is 15.6 Å². The standard InChI is InChI=1S/C16H26N4O4/c1-3-17-16(18-9-6-10-24-12-11-23-2)19-13-14-7-4-5-8-15(14)20(21)22/h4-5,7-8H,3,6,9-13H2,1-2H3,(H2,17,18,19). The normalized spacial score (nSPS) is 11.3. The van der Waals surface area contributed by atoms with Gasteiger partial charge in [0.15, 0.2) is 5.96 Å². The monoisotopic (exact) mass is 338 g/mol. The molecule has 0 amide bonds. The largest absolute Gasteiger partial charge is 0.382 e. The fraction of sp³-hybridized carbons (Fsp3) is 0.562. The maximum Gasteiger partial charge on any atom is 0.274 e. The van der Waals surface area contributed by atoms with E-state index in [0.717, 1.165) is 6.42 Å². The SMILES string of the molecule is CCNC(=NCc1ccccc1[N+](=O)[O-])NCCCOCCOC. The average molecular weight is 338 g/mol. The number of nitro groups is 1. The minimum Gasteiger partial charge on any atom is -0.382 e.